The fraction of sp³-hybridized carbons (Fsp3) is 0.854. The smallest absolute Gasteiger partial charge is 0.397 e. The summed E-state index contributed by atoms with van der Waals surface area (Å²) in [5.41, 5.74) is 0. The highest BCUT2D eigenvalue weighted by atomic mass is 32.3. The highest BCUT2D eigenvalue weighted by Gasteiger charge is 2.48. The third-order valence-corrected chi connectivity index (χ3v) is 11.5. The molecule has 6 atom stereocenters. The molecule has 6 unspecified atom stereocenters. The predicted molar refractivity (Wildman–Crippen MR) is 243 cm³/mol. The van der Waals surface area contributed by atoms with Gasteiger partial charge in [-0.05, 0) is 70.6 Å². The molecule has 0 spiro atoms. The highest BCUT2D eigenvalue weighted by molar-refractivity contribution is 7.80. The van der Waals surface area contributed by atoms with E-state index in [0.717, 1.165) is 57.8 Å². The first-order valence-electron chi connectivity index (χ1n) is 24.2. The van der Waals surface area contributed by atoms with Crippen LogP contribution in [0.25, 0.3) is 0 Å². The lowest BCUT2D eigenvalue weighted by Crippen LogP contribution is -2.60. The molecule has 0 amide bonds. The molecule has 1 aliphatic rings. The van der Waals surface area contributed by atoms with Crippen molar-refractivity contribution in [3.8, 4) is 0 Å². The number of rotatable bonds is 42. The number of aliphatic hydroxyl groups excluding tert-OH is 3. The second-order valence-electron chi connectivity index (χ2n) is 16.7. The summed E-state index contributed by atoms with van der Waals surface area (Å²) < 4.78 is 59.1. The number of hydrogen-bond donors (Lipinski definition) is 4. The van der Waals surface area contributed by atoms with E-state index >= 15 is 0 Å². The van der Waals surface area contributed by atoms with Gasteiger partial charge in [0.05, 0.1) is 19.8 Å². The summed E-state index contributed by atoms with van der Waals surface area (Å²) in [4.78, 5) is 12.9. The van der Waals surface area contributed by atoms with Gasteiger partial charge in [0.2, 0.25) is 0 Å². The fourth-order valence-corrected chi connectivity index (χ4v) is 7.79. The van der Waals surface area contributed by atoms with Crippen molar-refractivity contribution in [3.05, 3.63) is 36.5 Å². The first-order valence-corrected chi connectivity index (χ1v) is 25.6. The molecule has 0 aromatic carbocycles. The molecule has 4 N–H and O–H groups in total. The maximum absolute atomic E-state index is 12.9. The van der Waals surface area contributed by atoms with Gasteiger partial charge in [0.15, 0.2) is 6.29 Å². The van der Waals surface area contributed by atoms with Crippen LogP contribution in [0.2, 0.25) is 0 Å². The van der Waals surface area contributed by atoms with Crippen molar-refractivity contribution < 1.29 is 56.2 Å². The van der Waals surface area contributed by atoms with Gasteiger partial charge < -0.3 is 34.3 Å². The van der Waals surface area contributed by atoms with E-state index in [1.165, 1.54) is 116 Å². The third kappa shape index (κ3) is 33.5. The van der Waals surface area contributed by atoms with Gasteiger partial charge in [0, 0.05) is 13.0 Å². The molecule has 1 fully saturated rings. The first kappa shape index (κ1) is 57.3. The molecule has 0 radical (unpaired) electrons. The minimum Gasteiger partial charge on any atom is -0.457 e. The molecule has 0 aromatic rings. The van der Waals surface area contributed by atoms with Crippen molar-refractivity contribution in [3.63, 3.8) is 0 Å². The number of allylic oxidation sites excluding steroid dienone is 6. The second kappa shape index (κ2) is 39.9. The van der Waals surface area contributed by atoms with Crippen LogP contribution in [-0.4, -0.2) is 97.5 Å². The molecule has 1 heterocycles. The first-order chi connectivity index (χ1) is 29.6. The zero-order valence-electron chi connectivity index (χ0n) is 38.2. The Morgan fingerprint density at radius 2 is 1.08 bits per heavy atom. The number of carbonyl (C=O) groups excluding carboxylic acids is 1. The van der Waals surface area contributed by atoms with Gasteiger partial charge in [0.1, 0.15) is 30.5 Å². The molecule has 358 valence electrons. The monoisotopic (exact) mass is 889 g/mol. The number of hydrogen-bond acceptors (Lipinski definition) is 11. The summed E-state index contributed by atoms with van der Waals surface area (Å²) in [5, 5.41) is 30.7. The number of ether oxygens (including phenoxy) is 4. The third-order valence-electron chi connectivity index (χ3n) is 11.0. The zero-order valence-corrected chi connectivity index (χ0v) is 39.0. The lowest BCUT2D eigenvalue weighted by Gasteiger charge is -2.41. The largest absolute Gasteiger partial charge is 0.457 e. The van der Waals surface area contributed by atoms with Gasteiger partial charge in [-0.1, -0.05) is 159 Å². The van der Waals surface area contributed by atoms with Crippen molar-refractivity contribution in [1.82, 2.24) is 0 Å². The van der Waals surface area contributed by atoms with Crippen molar-refractivity contribution in [1.29, 1.82) is 0 Å². The molecule has 0 saturated carbocycles. The van der Waals surface area contributed by atoms with E-state index in [0.29, 0.717) is 13.0 Å². The van der Waals surface area contributed by atoms with Crippen LogP contribution in [0.1, 0.15) is 200 Å². The Bertz CT molecular complexity index is 1210. The van der Waals surface area contributed by atoms with Crippen LogP contribution < -0.4 is 0 Å². The molecule has 0 aromatic heterocycles. The summed E-state index contributed by atoms with van der Waals surface area (Å²) in [7, 11) is -5.06. The van der Waals surface area contributed by atoms with Crippen LogP contribution in [0, 0.1) is 0 Å². The minimum atomic E-state index is -5.06. The van der Waals surface area contributed by atoms with E-state index < -0.39 is 59.8 Å². The molecule has 0 aliphatic carbocycles. The fourth-order valence-electron chi connectivity index (χ4n) is 7.29. The van der Waals surface area contributed by atoms with Crippen molar-refractivity contribution in [2.45, 2.75) is 237 Å². The highest BCUT2D eigenvalue weighted by Crippen LogP contribution is 2.26. The molecule has 0 bridgehead atoms. The van der Waals surface area contributed by atoms with Crippen LogP contribution in [-0.2, 0) is 38.3 Å². The van der Waals surface area contributed by atoms with Crippen LogP contribution in [0.3, 0.4) is 0 Å². The Balaban J connectivity index is 2.38. The van der Waals surface area contributed by atoms with Crippen LogP contribution in [0.15, 0.2) is 36.5 Å². The Kier molecular flexibility index (Phi) is 37.5. The SMILES string of the molecule is CCCCC/C=C\CCCCCCCCOCC(COC1OC(CO)C(O)C(OS(=O)(=O)O)C1O)OC(=O)CCCCCCCCCCC/C=C\C/C=C\CCCCCCC. The lowest BCUT2D eigenvalue weighted by atomic mass is 9.99. The van der Waals surface area contributed by atoms with E-state index in [4.69, 9.17) is 23.5 Å². The standard InChI is InChI=1S/C48H88O12S/c1-3-5-7-9-11-13-15-17-18-19-20-21-22-23-24-25-27-29-31-33-35-37-44(50)58-42(40-56-38-36-34-32-30-28-26-16-14-12-10-8-6-4-2)41-57-48-46(52)47(60-61(53,54)55)45(51)43(39-49)59-48/h12,14-15,17,19-20,42-43,45-49,51-52H,3-11,13,16,18,21-41H2,1-2H3,(H,53,54,55)/b14-12-,17-15-,20-19-. The Morgan fingerprint density at radius 1 is 0.623 bits per heavy atom. The van der Waals surface area contributed by atoms with Crippen LogP contribution in [0.5, 0.6) is 0 Å². The quantitative estimate of drug-likeness (QED) is 0.0198. The Morgan fingerprint density at radius 3 is 1.61 bits per heavy atom. The van der Waals surface area contributed by atoms with Gasteiger partial charge in [-0.2, -0.15) is 8.42 Å². The van der Waals surface area contributed by atoms with Gasteiger partial charge in [0.25, 0.3) is 0 Å². The number of unbranched alkanes of at least 4 members (excludes halogenated alkanes) is 23. The van der Waals surface area contributed by atoms with E-state index in [2.05, 4.69) is 54.5 Å². The van der Waals surface area contributed by atoms with Crippen LogP contribution in [0.4, 0.5) is 0 Å². The molecule has 1 saturated heterocycles. The topological polar surface area (TPSA) is 178 Å². The minimum absolute atomic E-state index is 0.0308. The summed E-state index contributed by atoms with van der Waals surface area (Å²) in [5.74, 6) is -0.405. The van der Waals surface area contributed by atoms with Gasteiger partial charge in [-0.25, -0.2) is 4.18 Å². The molecular formula is C48H88O12S. The maximum Gasteiger partial charge on any atom is 0.397 e. The average molecular weight is 889 g/mol. The van der Waals surface area contributed by atoms with Gasteiger partial charge in [-0.3, -0.25) is 9.35 Å². The van der Waals surface area contributed by atoms with E-state index in [1.54, 1.807) is 0 Å². The molecular weight excluding hydrogens is 801 g/mol. The lowest BCUT2D eigenvalue weighted by molar-refractivity contribution is -0.301. The second-order valence-corrected chi connectivity index (χ2v) is 17.7. The van der Waals surface area contributed by atoms with E-state index in [9.17, 15) is 28.5 Å². The zero-order chi connectivity index (χ0) is 44.7. The molecule has 13 heteroatoms. The van der Waals surface area contributed by atoms with E-state index in [1.807, 2.05) is 0 Å². The van der Waals surface area contributed by atoms with Crippen molar-refractivity contribution in [2.75, 3.05) is 26.4 Å². The van der Waals surface area contributed by atoms with Gasteiger partial charge in [-0.15, -0.1) is 0 Å². The van der Waals surface area contributed by atoms with Crippen LogP contribution >= 0.6 is 0 Å². The molecule has 12 nitrogen and oxygen atoms in total. The number of carbonyl (C=O) groups is 1. The van der Waals surface area contributed by atoms with Crippen molar-refractivity contribution in [2.24, 2.45) is 0 Å². The van der Waals surface area contributed by atoms with E-state index in [-0.39, 0.29) is 19.6 Å². The molecule has 1 aliphatic heterocycles. The summed E-state index contributed by atoms with van der Waals surface area (Å²) in [6.45, 7) is 3.95. The number of esters is 1. The summed E-state index contributed by atoms with van der Waals surface area (Å²) in [6, 6.07) is 0. The summed E-state index contributed by atoms with van der Waals surface area (Å²) in [6.07, 6.45) is 37.4. The van der Waals surface area contributed by atoms with Crippen molar-refractivity contribution >= 4 is 16.4 Å². The molecule has 61 heavy (non-hydrogen) atoms. The average Bonchev–Trinajstić information content (AvgIpc) is 3.23. The number of aliphatic hydroxyl groups is 3. The summed E-state index contributed by atoms with van der Waals surface area (Å²) >= 11 is 0. The Labute approximate surface area is 371 Å². The maximum atomic E-state index is 12.9. The van der Waals surface area contributed by atoms with Gasteiger partial charge >= 0.3 is 16.4 Å². The predicted octanol–water partition coefficient (Wildman–Crippen LogP) is 10.6. The Hall–Kier alpha value is -1.68. The molecule has 1 rings (SSSR count). The normalized spacial score (nSPS) is 20.4.